The summed E-state index contributed by atoms with van der Waals surface area (Å²) >= 11 is 0. The maximum atomic E-state index is 11.8. The Balaban J connectivity index is 1.57. The third-order valence-electron chi connectivity index (χ3n) is 3.80. The third-order valence-corrected chi connectivity index (χ3v) is 3.80. The molecule has 1 amide bonds. The average molecular weight is 291 g/mol. The van der Waals surface area contributed by atoms with E-state index in [1.807, 2.05) is 6.92 Å². The predicted octanol–water partition coefficient (Wildman–Crippen LogP) is 0.542. The Morgan fingerprint density at radius 1 is 1.19 bits per heavy atom. The van der Waals surface area contributed by atoms with Gasteiger partial charge in [0.1, 0.15) is 5.69 Å². The van der Waals surface area contributed by atoms with Crippen LogP contribution in [0.15, 0.2) is 12.4 Å². The number of hydrogen-bond donors (Lipinski definition) is 1. The van der Waals surface area contributed by atoms with Gasteiger partial charge in [0.15, 0.2) is 0 Å². The standard InChI is InChI=1S/C15H25N5O/c1-13-11-18-14(12-17-13)15(21)16-5-3-4-6-20-9-7-19(2)8-10-20/h11-12H,3-10H2,1-2H3,(H,16,21). The molecule has 6 heteroatoms. The van der Waals surface area contributed by atoms with Crippen molar-refractivity contribution in [3.63, 3.8) is 0 Å². The molecule has 1 N–H and O–H groups in total. The highest BCUT2D eigenvalue weighted by atomic mass is 16.1. The molecule has 0 radical (unpaired) electrons. The lowest BCUT2D eigenvalue weighted by atomic mass is 10.2. The summed E-state index contributed by atoms with van der Waals surface area (Å²) < 4.78 is 0. The van der Waals surface area contributed by atoms with Crippen molar-refractivity contribution in [1.29, 1.82) is 0 Å². The van der Waals surface area contributed by atoms with E-state index in [9.17, 15) is 4.79 Å². The number of aromatic nitrogens is 2. The first-order chi connectivity index (χ1) is 10.1. The van der Waals surface area contributed by atoms with E-state index in [-0.39, 0.29) is 5.91 Å². The molecule has 116 valence electrons. The number of aryl methyl sites for hydroxylation is 1. The number of piperazine rings is 1. The molecule has 0 aromatic carbocycles. The second-order valence-corrected chi connectivity index (χ2v) is 5.65. The summed E-state index contributed by atoms with van der Waals surface area (Å²) in [5, 5.41) is 2.90. The van der Waals surface area contributed by atoms with Crippen LogP contribution >= 0.6 is 0 Å². The molecule has 1 saturated heterocycles. The minimum Gasteiger partial charge on any atom is -0.351 e. The van der Waals surface area contributed by atoms with Crippen LogP contribution in [0.5, 0.6) is 0 Å². The summed E-state index contributed by atoms with van der Waals surface area (Å²) in [6.07, 6.45) is 5.25. The Labute approximate surface area is 126 Å². The fraction of sp³-hybridized carbons (Fsp3) is 0.667. The van der Waals surface area contributed by atoms with E-state index in [1.54, 1.807) is 6.20 Å². The lowest BCUT2D eigenvalue weighted by Gasteiger charge is -2.32. The van der Waals surface area contributed by atoms with Gasteiger partial charge >= 0.3 is 0 Å². The topological polar surface area (TPSA) is 61.4 Å². The third kappa shape index (κ3) is 5.40. The molecule has 21 heavy (non-hydrogen) atoms. The summed E-state index contributed by atoms with van der Waals surface area (Å²) in [6, 6.07) is 0. The Hall–Kier alpha value is -1.53. The summed E-state index contributed by atoms with van der Waals surface area (Å²) in [6.45, 7) is 8.29. The maximum absolute atomic E-state index is 11.8. The molecule has 0 atom stereocenters. The van der Waals surface area contributed by atoms with Gasteiger partial charge in [0.25, 0.3) is 5.91 Å². The van der Waals surface area contributed by atoms with E-state index in [0.717, 1.165) is 51.3 Å². The molecule has 1 aliphatic heterocycles. The molecule has 0 spiro atoms. The number of rotatable bonds is 6. The van der Waals surface area contributed by atoms with Crippen LogP contribution in [0.1, 0.15) is 29.0 Å². The van der Waals surface area contributed by atoms with Crippen LogP contribution in [0.25, 0.3) is 0 Å². The molecule has 2 rings (SSSR count). The van der Waals surface area contributed by atoms with Gasteiger partial charge in [0.2, 0.25) is 0 Å². The highest BCUT2D eigenvalue weighted by Crippen LogP contribution is 2.01. The van der Waals surface area contributed by atoms with E-state index in [0.29, 0.717) is 12.2 Å². The van der Waals surface area contributed by atoms with Crippen molar-refractivity contribution >= 4 is 5.91 Å². The van der Waals surface area contributed by atoms with E-state index in [1.165, 1.54) is 6.20 Å². The molecule has 0 bridgehead atoms. The van der Waals surface area contributed by atoms with Crippen LogP contribution < -0.4 is 5.32 Å². The van der Waals surface area contributed by atoms with E-state index in [4.69, 9.17) is 0 Å². The Morgan fingerprint density at radius 3 is 2.62 bits per heavy atom. The first-order valence-corrected chi connectivity index (χ1v) is 7.63. The summed E-state index contributed by atoms with van der Waals surface area (Å²) in [4.78, 5) is 24.8. The van der Waals surface area contributed by atoms with Gasteiger partial charge in [-0.3, -0.25) is 9.78 Å². The van der Waals surface area contributed by atoms with Gasteiger partial charge in [-0.25, -0.2) is 4.98 Å². The van der Waals surface area contributed by atoms with Crippen LogP contribution in [-0.4, -0.2) is 72.0 Å². The van der Waals surface area contributed by atoms with Gasteiger partial charge in [-0.2, -0.15) is 0 Å². The number of carbonyl (C=O) groups excluding carboxylic acids is 1. The molecule has 2 heterocycles. The van der Waals surface area contributed by atoms with Gasteiger partial charge in [-0.15, -0.1) is 0 Å². The van der Waals surface area contributed by atoms with Gasteiger partial charge in [-0.1, -0.05) is 0 Å². The molecule has 1 aromatic rings. The van der Waals surface area contributed by atoms with Crippen molar-refractivity contribution in [2.45, 2.75) is 19.8 Å². The number of unbranched alkanes of at least 4 members (excludes halogenated alkanes) is 1. The van der Waals surface area contributed by atoms with Crippen LogP contribution in [0, 0.1) is 6.92 Å². The van der Waals surface area contributed by atoms with E-state index >= 15 is 0 Å². The number of nitrogens with zero attached hydrogens (tertiary/aromatic N) is 4. The minimum atomic E-state index is -0.137. The quantitative estimate of drug-likeness (QED) is 0.775. The molecule has 1 fully saturated rings. The zero-order chi connectivity index (χ0) is 15.1. The maximum Gasteiger partial charge on any atom is 0.271 e. The summed E-state index contributed by atoms with van der Waals surface area (Å²) in [5.74, 6) is -0.137. The number of likely N-dealkylation sites (N-methyl/N-ethyl adjacent to an activating group) is 1. The van der Waals surface area contributed by atoms with Gasteiger partial charge < -0.3 is 15.1 Å². The summed E-state index contributed by atoms with van der Waals surface area (Å²) in [5.41, 5.74) is 1.21. The zero-order valence-corrected chi connectivity index (χ0v) is 13.0. The van der Waals surface area contributed by atoms with E-state index < -0.39 is 0 Å². The highest BCUT2D eigenvalue weighted by molar-refractivity contribution is 5.91. The first kappa shape index (κ1) is 15.9. The van der Waals surface area contributed by atoms with Crippen LogP contribution in [0.4, 0.5) is 0 Å². The zero-order valence-electron chi connectivity index (χ0n) is 13.0. The van der Waals surface area contributed by atoms with Gasteiger partial charge in [0, 0.05) is 38.9 Å². The molecule has 0 saturated carbocycles. The molecule has 6 nitrogen and oxygen atoms in total. The monoisotopic (exact) mass is 291 g/mol. The number of carbonyl (C=O) groups is 1. The van der Waals surface area contributed by atoms with Crippen molar-refractivity contribution in [3.8, 4) is 0 Å². The van der Waals surface area contributed by atoms with Crippen molar-refractivity contribution in [2.24, 2.45) is 0 Å². The fourth-order valence-corrected chi connectivity index (χ4v) is 2.33. The smallest absolute Gasteiger partial charge is 0.271 e. The van der Waals surface area contributed by atoms with Gasteiger partial charge in [0.05, 0.1) is 11.9 Å². The predicted molar refractivity (Wildman–Crippen MR) is 82.3 cm³/mol. The molecule has 0 aliphatic carbocycles. The second-order valence-electron chi connectivity index (χ2n) is 5.65. The Kier molecular flexibility index (Phi) is 6.07. The van der Waals surface area contributed by atoms with Crippen molar-refractivity contribution in [1.82, 2.24) is 25.1 Å². The lowest BCUT2D eigenvalue weighted by molar-refractivity contribution is 0.0946. The Bertz CT molecular complexity index is 440. The second kappa shape index (κ2) is 8.05. The molecule has 1 aromatic heterocycles. The molecular weight excluding hydrogens is 266 g/mol. The average Bonchev–Trinajstić information content (AvgIpc) is 2.49. The SMILES string of the molecule is Cc1cnc(C(=O)NCCCCN2CCN(C)CC2)cn1. The molecular formula is C15H25N5O. The van der Waals surface area contributed by atoms with Crippen molar-refractivity contribution in [3.05, 3.63) is 23.8 Å². The molecule has 1 aliphatic rings. The lowest BCUT2D eigenvalue weighted by Crippen LogP contribution is -2.44. The number of nitrogens with one attached hydrogen (secondary N) is 1. The Morgan fingerprint density at radius 2 is 1.95 bits per heavy atom. The largest absolute Gasteiger partial charge is 0.351 e. The first-order valence-electron chi connectivity index (χ1n) is 7.63. The van der Waals surface area contributed by atoms with Crippen molar-refractivity contribution in [2.75, 3.05) is 46.3 Å². The number of amides is 1. The minimum absolute atomic E-state index is 0.137. The normalized spacial score (nSPS) is 16.9. The van der Waals surface area contributed by atoms with Crippen LogP contribution in [0.3, 0.4) is 0 Å². The van der Waals surface area contributed by atoms with Crippen LogP contribution in [0.2, 0.25) is 0 Å². The van der Waals surface area contributed by atoms with E-state index in [2.05, 4.69) is 32.1 Å². The fourth-order valence-electron chi connectivity index (χ4n) is 2.33. The van der Waals surface area contributed by atoms with Crippen LogP contribution in [-0.2, 0) is 0 Å². The molecule has 0 unspecified atom stereocenters. The highest BCUT2D eigenvalue weighted by Gasteiger charge is 2.12. The van der Waals surface area contributed by atoms with Crippen molar-refractivity contribution < 1.29 is 4.79 Å². The number of hydrogen-bond acceptors (Lipinski definition) is 5. The van der Waals surface area contributed by atoms with Gasteiger partial charge in [-0.05, 0) is 33.4 Å². The summed E-state index contributed by atoms with van der Waals surface area (Å²) in [7, 11) is 2.17.